The van der Waals surface area contributed by atoms with E-state index in [1.54, 1.807) is 7.11 Å². The number of carbonyl (C=O) groups excluding carboxylic acids is 2. The summed E-state index contributed by atoms with van der Waals surface area (Å²) in [6.45, 7) is 3.17. The van der Waals surface area contributed by atoms with E-state index in [1.165, 1.54) is 11.3 Å². The lowest BCUT2D eigenvalue weighted by molar-refractivity contribution is 0.0640. The number of hydrogen-bond donors (Lipinski definition) is 0. The predicted molar refractivity (Wildman–Crippen MR) is 113 cm³/mol. The summed E-state index contributed by atoms with van der Waals surface area (Å²) in [4.78, 5) is 28.6. The lowest BCUT2D eigenvalue weighted by Crippen LogP contribution is -2.42. The maximum atomic E-state index is 13.1. The lowest BCUT2D eigenvalue weighted by Gasteiger charge is -2.32. The van der Waals surface area contributed by atoms with Gasteiger partial charge in [-0.25, -0.2) is 0 Å². The number of hydrogen-bond acceptors (Lipinski definition) is 4. The van der Waals surface area contributed by atoms with E-state index in [1.807, 2.05) is 59.7 Å². The van der Waals surface area contributed by atoms with E-state index in [-0.39, 0.29) is 17.6 Å². The summed E-state index contributed by atoms with van der Waals surface area (Å²) in [5, 5.41) is 4.01. The van der Waals surface area contributed by atoms with Gasteiger partial charge in [-0.05, 0) is 65.7 Å². The maximum absolute atomic E-state index is 13.1. The molecule has 0 bridgehead atoms. The van der Waals surface area contributed by atoms with Gasteiger partial charge >= 0.3 is 0 Å². The second kappa shape index (κ2) is 7.76. The van der Waals surface area contributed by atoms with Gasteiger partial charge in [0.05, 0.1) is 12.0 Å². The number of fused-ring (bicyclic) bond motifs is 1. The van der Waals surface area contributed by atoms with Gasteiger partial charge in [0.15, 0.2) is 5.78 Å². The Morgan fingerprint density at radius 3 is 2.64 bits per heavy atom. The molecule has 1 aromatic heterocycles. The molecule has 0 spiro atoms. The van der Waals surface area contributed by atoms with Crippen LogP contribution in [0.3, 0.4) is 0 Å². The number of likely N-dealkylation sites (tertiary alicyclic amines) is 1. The summed E-state index contributed by atoms with van der Waals surface area (Å²) < 4.78 is 5.26. The Hall–Kier alpha value is -2.66. The first kappa shape index (κ1) is 18.7. The first-order valence-electron chi connectivity index (χ1n) is 9.52. The first-order chi connectivity index (χ1) is 13.6. The third-order valence-corrected chi connectivity index (χ3v) is 6.47. The van der Waals surface area contributed by atoms with Crippen LogP contribution >= 0.6 is 11.3 Å². The number of nitrogens with zero attached hydrogens (tertiary/aromatic N) is 1. The molecule has 1 aliphatic heterocycles. The van der Waals surface area contributed by atoms with Gasteiger partial charge in [-0.15, -0.1) is 11.3 Å². The Balaban J connectivity index is 1.53. The Kier molecular flexibility index (Phi) is 5.18. The molecule has 0 saturated carbocycles. The van der Waals surface area contributed by atoms with Crippen molar-refractivity contribution in [2.75, 3.05) is 20.2 Å². The first-order valence-corrected chi connectivity index (χ1v) is 10.4. The van der Waals surface area contributed by atoms with Crippen molar-refractivity contribution in [2.45, 2.75) is 19.8 Å². The smallest absolute Gasteiger partial charge is 0.264 e. The van der Waals surface area contributed by atoms with Crippen molar-refractivity contribution in [3.63, 3.8) is 0 Å². The number of methoxy groups -OCH3 is 1. The Morgan fingerprint density at radius 1 is 1.11 bits per heavy atom. The molecule has 3 aromatic rings. The van der Waals surface area contributed by atoms with Crippen LogP contribution in [0.25, 0.3) is 10.8 Å². The molecule has 1 saturated heterocycles. The molecule has 2 aromatic carbocycles. The molecule has 2 heterocycles. The molecule has 4 rings (SSSR count). The molecule has 1 amide bonds. The van der Waals surface area contributed by atoms with Gasteiger partial charge in [-0.1, -0.05) is 18.2 Å². The number of rotatable bonds is 4. The highest BCUT2D eigenvalue weighted by Gasteiger charge is 2.30. The Bertz CT molecular complexity index is 1040. The minimum Gasteiger partial charge on any atom is -0.497 e. The molecule has 0 N–H and O–H groups in total. The minimum absolute atomic E-state index is 0.0515. The van der Waals surface area contributed by atoms with Crippen molar-refractivity contribution in [3.05, 3.63) is 63.8 Å². The van der Waals surface area contributed by atoms with Gasteiger partial charge in [-0.2, -0.15) is 0 Å². The molecular weight excluding hydrogens is 370 g/mol. The van der Waals surface area contributed by atoms with E-state index >= 15 is 0 Å². The number of amides is 1. The molecule has 28 heavy (non-hydrogen) atoms. The molecular formula is C23H23NO3S. The second-order valence-electron chi connectivity index (χ2n) is 7.32. The predicted octanol–water partition coefficient (Wildman–Crippen LogP) is 4.95. The van der Waals surface area contributed by atoms with Crippen LogP contribution in [0.5, 0.6) is 5.75 Å². The molecule has 0 radical (unpaired) electrons. The maximum Gasteiger partial charge on any atom is 0.264 e. The zero-order chi connectivity index (χ0) is 19.7. The van der Waals surface area contributed by atoms with Crippen LogP contribution in [-0.4, -0.2) is 36.8 Å². The molecule has 4 nitrogen and oxygen atoms in total. The van der Waals surface area contributed by atoms with Crippen LogP contribution in [0.4, 0.5) is 0 Å². The summed E-state index contributed by atoms with van der Waals surface area (Å²) in [6, 6.07) is 13.6. The molecule has 1 atom stereocenters. The largest absolute Gasteiger partial charge is 0.497 e. The second-order valence-corrected chi connectivity index (χ2v) is 8.23. The third kappa shape index (κ3) is 3.54. The number of Topliss-reactive ketones (excluding diaryl/α,β-unsaturated/α-hetero) is 1. The van der Waals surface area contributed by atoms with E-state index in [9.17, 15) is 9.59 Å². The number of ketones is 1. The van der Waals surface area contributed by atoms with Crippen molar-refractivity contribution in [1.29, 1.82) is 0 Å². The quantitative estimate of drug-likeness (QED) is 0.589. The number of piperidine rings is 1. The summed E-state index contributed by atoms with van der Waals surface area (Å²) in [5.74, 6) is 0.833. The number of aryl methyl sites for hydroxylation is 1. The number of thiophene rings is 1. The number of ether oxygens (including phenoxy) is 1. The topological polar surface area (TPSA) is 46.6 Å². The fourth-order valence-corrected chi connectivity index (χ4v) is 4.74. The van der Waals surface area contributed by atoms with E-state index < -0.39 is 0 Å². The molecule has 1 aliphatic rings. The van der Waals surface area contributed by atoms with Crippen molar-refractivity contribution in [1.82, 2.24) is 4.90 Å². The van der Waals surface area contributed by atoms with E-state index in [2.05, 4.69) is 0 Å². The monoisotopic (exact) mass is 393 g/mol. The third-order valence-electron chi connectivity index (χ3n) is 5.47. The van der Waals surface area contributed by atoms with Gasteiger partial charge < -0.3 is 9.64 Å². The molecule has 5 heteroatoms. The van der Waals surface area contributed by atoms with Crippen LogP contribution in [0.1, 0.15) is 38.4 Å². The summed E-state index contributed by atoms with van der Waals surface area (Å²) >= 11 is 1.48. The SMILES string of the molecule is COc1ccc2cc(C(=O)[C@@H]3CCCN(C(=O)c4sccc4C)C3)ccc2c1. The van der Waals surface area contributed by atoms with Gasteiger partial charge in [0.25, 0.3) is 5.91 Å². The normalized spacial score (nSPS) is 16.9. The summed E-state index contributed by atoms with van der Waals surface area (Å²) in [7, 11) is 1.65. The van der Waals surface area contributed by atoms with Gasteiger partial charge in [0.1, 0.15) is 5.75 Å². The van der Waals surface area contributed by atoms with Crippen molar-refractivity contribution in [2.24, 2.45) is 5.92 Å². The molecule has 1 fully saturated rings. The Labute approximate surface area is 168 Å². The lowest BCUT2D eigenvalue weighted by atomic mass is 9.89. The highest BCUT2D eigenvalue weighted by Crippen LogP contribution is 2.27. The molecule has 0 aliphatic carbocycles. The van der Waals surface area contributed by atoms with Crippen LogP contribution in [-0.2, 0) is 0 Å². The van der Waals surface area contributed by atoms with Crippen molar-refractivity contribution < 1.29 is 14.3 Å². The van der Waals surface area contributed by atoms with E-state index in [4.69, 9.17) is 4.74 Å². The van der Waals surface area contributed by atoms with Crippen LogP contribution in [0.2, 0.25) is 0 Å². The molecule has 144 valence electrons. The van der Waals surface area contributed by atoms with Crippen molar-refractivity contribution >= 4 is 33.8 Å². The number of benzene rings is 2. The van der Waals surface area contributed by atoms with Crippen LogP contribution in [0.15, 0.2) is 47.8 Å². The zero-order valence-electron chi connectivity index (χ0n) is 16.1. The molecule has 0 unspecified atom stereocenters. The van der Waals surface area contributed by atoms with E-state index in [0.29, 0.717) is 12.1 Å². The van der Waals surface area contributed by atoms with Gasteiger partial charge in [-0.3, -0.25) is 9.59 Å². The summed E-state index contributed by atoms with van der Waals surface area (Å²) in [5.41, 5.74) is 1.72. The zero-order valence-corrected chi connectivity index (χ0v) is 16.9. The van der Waals surface area contributed by atoms with Gasteiger partial charge in [0, 0.05) is 24.6 Å². The highest BCUT2D eigenvalue weighted by atomic mass is 32.1. The average Bonchev–Trinajstić information content (AvgIpc) is 3.17. The highest BCUT2D eigenvalue weighted by molar-refractivity contribution is 7.12. The average molecular weight is 394 g/mol. The fourth-order valence-electron chi connectivity index (χ4n) is 3.85. The van der Waals surface area contributed by atoms with Crippen LogP contribution < -0.4 is 4.74 Å². The Morgan fingerprint density at radius 2 is 1.89 bits per heavy atom. The standard InChI is InChI=1S/C23H23NO3S/c1-15-9-11-28-22(15)23(26)24-10-3-4-19(14-24)21(25)18-6-5-17-13-20(27-2)8-7-16(17)12-18/h5-9,11-13,19H,3-4,10,14H2,1-2H3/t19-/m1/s1. The van der Waals surface area contributed by atoms with Crippen molar-refractivity contribution in [3.8, 4) is 5.75 Å². The van der Waals surface area contributed by atoms with E-state index in [0.717, 1.165) is 46.3 Å². The van der Waals surface area contributed by atoms with Gasteiger partial charge in [0.2, 0.25) is 0 Å². The fraction of sp³-hybridized carbons (Fsp3) is 0.304. The number of carbonyl (C=O) groups is 2. The minimum atomic E-state index is -0.145. The van der Waals surface area contributed by atoms with Crippen LogP contribution in [0, 0.1) is 12.8 Å². The summed E-state index contributed by atoms with van der Waals surface area (Å²) in [6.07, 6.45) is 1.68.